The van der Waals surface area contributed by atoms with Crippen molar-refractivity contribution in [1.29, 1.82) is 0 Å². The first kappa shape index (κ1) is 13.7. The SMILES string of the molecule is CS(CC1CO1)(CC1CO1)Cn1c(=O)[nH]c(=O)[nH]c1=O. The van der Waals surface area contributed by atoms with Crippen molar-refractivity contribution in [2.75, 3.05) is 31.0 Å². The summed E-state index contributed by atoms with van der Waals surface area (Å²) in [7, 11) is -1.25. The average Bonchev–Trinajstić information content (AvgIpc) is 3.21. The minimum Gasteiger partial charge on any atom is -0.372 e. The molecule has 0 saturated carbocycles. The second-order valence-corrected chi connectivity index (χ2v) is 9.35. The zero-order valence-corrected chi connectivity index (χ0v) is 11.9. The molecule has 1 aromatic rings. The molecular weight excluding hydrogens is 286 g/mol. The molecule has 0 amide bonds. The van der Waals surface area contributed by atoms with Crippen LogP contribution in [0.5, 0.6) is 0 Å². The van der Waals surface area contributed by atoms with Gasteiger partial charge in [0, 0.05) is 11.5 Å². The number of hydrogen-bond donors (Lipinski definition) is 2. The van der Waals surface area contributed by atoms with Crippen molar-refractivity contribution in [3.63, 3.8) is 0 Å². The molecule has 1 aromatic heterocycles. The molecule has 20 heavy (non-hydrogen) atoms. The molecule has 2 aliphatic rings. The fraction of sp³-hybridized carbons (Fsp3) is 0.727. The van der Waals surface area contributed by atoms with Crippen molar-refractivity contribution >= 4 is 10.0 Å². The summed E-state index contributed by atoms with van der Waals surface area (Å²) in [4.78, 5) is 38.8. The maximum atomic E-state index is 11.8. The van der Waals surface area contributed by atoms with Gasteiger partial charge >= 0.3 is 17.1 Å². The van der Waals surface area contributed by atoms with Crippen LogP contribution in [0.25, 0.3) is 0 Å². The van der Waals surface area contributed by atoms with Gasteiger partial charge < -0.3 is 9.47 Å². The minimum absolute atomic E-state index is 0.228. The molecule has 2 fully saturated rings. The van der Waals surface area contributed by atoms with E-state index in [0.717, 1.165) is 29.3 Å². The first-order chi connectivity index (χ1) is 9.45. The lowest BCUT2D eigenvalue weighted by atomic mass is 10.6. The van der Waals surface area contributed by atoms with Gasteiger partial charge in [0.2, 0.25) is 0 Å². The molecule has 2 unspecified atom stereocenters. The first-order valence-corrected chi connectivity index (χ1v) is 8.88. The summed E-state index contributed by atoms with van der Waals surface area (Å²) in [5.41, 5.74) is -2.10. The Hall–Kier alpha value is -1.32. The Morgan fingerprint density at radius 2 is 1.55 bits per heavy atom. The van der Waals surface area contributed by atoms with Gasteiger partial charge in [-0.1, -0.05) is 0 Å². The number of ether oxygens (including phenoxy) is 2. The molecule has 3 heterocycles. The Bertz CT molecular complexity index is 621. The van der Waals surface area contributed by atoms with E-state index < -0.39 is 27.1 Å². The summed E-state index contributed by atoms with van der Waals surface area (Å²) in [6.07, 6.45) is 2.55. The number of nitrogens with one attached hydrogen (secondary N) is 2. The number of aromatic amines is 2. The molecule has 2 atom stereocenters. The lowest BCUT2D eigenvalue weighted by Crippen LogP contribution is -2.44. The van der Waals surface area contributed by atoms with Crippen LogP contribution in [0, 0.1) is 0 Å². The van der Waals surface area contributed by atoms with E-state index in [2.05, 4.69) is 16.2 Å². The highest BCUT2D eigenvalue weighted by molar-refractivity contribution is 8.32. The van der Waals surface area contributed by atoms with Gasteiger partial charge in [0.15, 0.2) is 0 Å². The molecule has 0 aliphatic carbocycles. The lowest BCUT2D eigenvalue weighted by molar-refractivity contribution is 0.420. The Kier molecular flexibility index (Phi) is 3.35. The van der Waals surface area contributed by atoms with Crippen LogP contribution in [0.2, 0.25) is 0 Å². The van der Waals surface area contributed by atoms with Gasteiger partial charge in [-0.05, 0) is 6.26 Å². The molecule has 9 heteroatoms. The van der Waals surface area contributed by atoms with Crippen molar-refractivity contribution in [3.05, 3.63) is 31.5 Å². The fourth-order valence-electron chi connectivity index (χ4n) is 2.28. The Morgan fingerprint density at radius 3 is 1.95 bits per heavy atom. The normalized spacial score (nSPS) is 28.6. The van der Waals surface area contributed by atoms with E-state index >= 15 is 0 Å². The van der Waals surface area contributed by atoms with E-state index in [0.29, 0.717) is 5.88 Å². The molecule has 0 spiro atoms. The van der Waals surface area contributed by atoms with Crippen LogP contribution in [-0.4, -0.2) is 57.7 Å². The summed E-state index contributed by atoms with van der Waals surface area (Å²) in [5, 5.41) is 0. The van der Waals surface area contributed by atoms with Crippen molar-refractivity contribution < 1.29 is 9.47 Å². The van der Waals surface area contributed by atoms with E-state index in [1.807, 2.05) is 0 Å². The van der Waals surface area contributed by atoms with E-state index in [1.165, 1.54) is 0 Å². The van der Waals surface area contributed by atoms with Crippen molar-refractivity contribution in [2.45, 2.75) is 18.1 Å². The maximum absolute atomic E-state index is 11.8. The molecule has 112 valence electrons. The van der Waals surface area contributed by atoms with E-state index in [4.69, 9.17) is 9.47 Å². The minimum atomic E-state index is -1.25. The highest BCUT2D eigenvalue weighted by Crippen LogP contribution is 2.50. The standard InChI is InChI=1S/C11H17N3O5S/c1-20(4-7-2-18-7,5-8-3-19-8)6-14-10(16)12-9(15)13-11(14)17/h7-8H,2-6H2,1H3,(H2,12,13,15,16,17). The fourth-order valence-corrected chi connectivity index (χ4v) is 5.67. The third kappa shape index (κ3) is 3.22. The monoisotopic (exact) mass is 303 g/mol. The average molecular weight is 303 g/mol. The number of rotatable bonds is 6. The zero-order valence-electron chi connectivity index (χ0n) is 11.1. The van der Waals surface area contributed by atoms with Gasteiger partial charge in [-0.2, -0.15) is 0 Å². The number of hydrogen-bond acceptors (Lipinski definition) is 5. The first-order valence-electron chi connectivity index (χ1n) is 6.33. The van der Waals surface area contributed by atoms with Crippen LogP contribution in [-0.2, 0) is 15.4 Å². The predicted molar refractivity (Wildman–Crippen MR) is 74.7 cm³/mol. The van der Waals surface area contributed by atoms with Crippen molar-refractivity contribution in [2.24, 2.45) is 0 Å². The molecule has 2 saturated heterocycles. The Labute approximate surface area is 115 Å². The predicted octanol–water partition coefficient (Wildman–Crippen LogP) is -1.59. The topological polar surface area (TPSA) is 113 Å². The van der Waals surface area contributed by atoms with Crippen LogP contribution in [0.15, 0.2) is 14.4 Å². The third-order valence-electron chi connectivity index (χ3n) is 3.35. The quantitative estimate of drug-likeness (QED) is 0.616. The van der Waals surface area contributed by atoms with Crippen LogP contribution >= 0.6 is 10.0 Å². The second kappa shape index (κ2) is 4.90. The Morgan fingerprint density at radius 1 is 1.10 bits per heavy atom. The molecule has 3 rings (SSSR count). The van der Waals surface area contributed by atoms with E-state index in [1.54, 1.807) is 0 Å². The zero-order chi connectivity index (χ0) is 14.3. The highest BCUT2D eigenvalue weighted by atomic mass is 32.3. The van der Waals surface area contributed by atoms with Gasteiger partial charge in [0.05, 0.1) is 31.3 Å². The smallest absolute Gasteiger partial charge is 0.334 e. The van der Waals surface area contributed by atoms with E-state index in [9.17, 15) is 14.4 Å². The second-order valence-electron chi connectivity index (χ2n) is 5.47. The summed E-state index contributed by atoms with van der Waals surface area (Å²) in [6.45, 7) is 1.48. The lowest BCUT2D eigenvalue weighted by Gasteiger charge is -2.35. The molecule has 2 aliphatic heterocycles. The molecule has 0 bridgehead atoms. The van der Waals surface area contributed by atoms with Gasteiger partial charge in [-0.15, -0.1) is 0 Å². The Balaban J connectivity index is 1.86. The number of H-pyrrole nitrogens is 2. The number of aromatic nitrogens is 3. The third-order valence-corrected chi connectivity index (χ3v) is 6.59. The largest absolute Gasteiger partial charge is 0.372 e. The number of epoxide rings is 2. The molecule has 0 aromatic carbocycles. The van der Waals surface area contributed by atoms with Gasteiger partial charge in [0.1, 0.15) is 0 Å². The molecular formula is C11H17N3O5S. The summed E-state index contributed by atoms with van der Waals surface area (Å²) in [6, 6.07) is 0. The summed E-state index contributed by atoms with van der Waals surface area (Å²) in [5.74, 6) is 2.01. The molecule has 0 radical (unpaired) electrons. The number of nitrogens with zero attached hydrogens (tertiary/aromatic N) is 1. The van der Waals surface area contributed by atoms with Gasteiger partial charge in [-0.3, -0.25) is 9.97 Å². The summed E-state index contributed by atoms with van der Waals surface area (Å²) >= 11 is 0. The molecule has 2 N–H and O–H groups in total. The maximum Gasteiger partial charge on any atom is 0.334 e. The van der Waals surface area contributed by atoms with Crippen LogP contribution in [0.1, 0.15) is 0 Å². The highest BCUT2D eigenvalue weighted by Gasteiger charge is 2.37. The van der Waals surface area contributed by atoms with Gasteiger partial charge in [-0.25, -0.2) is 29.0 Å². The molecule has 8 nitrogen and oxygen atoms in total. The van der Waals surface area contributed by atoms with E-state index in [-0.39, 0.29) is 12.2 Å². The van der Waals surface area contributed by atoms with Crippen molar-refractivity contribution in [3.8, 4) is 0 Å². The van der Waals surface area contributed by atoms with Gasteiger partial charge in [0.25, 0.3) is 0 Å². The van der Waals surface area contributed by atoms with Crippen molar-refractivity contribution in [1.82, 2.24) is 14.5 Å². The summed E-state index contributed by atoms with van der Waals surface area (Å²) < 4.78 is 11.6. The van der Waals surface area contributed by atoms with Crippen LogP contribution < -0.4 is 17.1 Å². The van der Waals surface area contributed by atoms with Crippen LogP contribution in [0.3, 0.4) is 0 Å². The van der Waals surface area contributed by atoms with Crippen LogP contribution in [0.4, 0.5) is 0 Å².